The van der Waals surface area contributed by atoms with Crippen LogP contribution >= 0.6 is 11.8 Å². The number of nitrogens with zero attached hydrogens (tertiary/aromatic N) is 7. The van der Waals surface area contributed by atoms with Gasteiger partial charge in [0.15, 0.2) is 0 Å². The molecule has 3 aliphatic rings. The number of aliphatic carboxylic acids is 1. The van der Waals surface area contributed by atoms with Crippen LogP contribution in [0, 0.1) is 5.21 Å². The van der Waals surface area contributed by atoms with Gasteiger partial charge in [-0.1, -0.05) is 30.3 Å². The van der Waals surface area contributed by atoms with Gasteiger partial charge in [-0.25, -0.2) is 14.8 Å². The molecule has 2 N–H and O–H groups in total. The first-order chi connectivity index (χ1) is 18.9. The summed E-state index contributed by atoms with van der Waals surface area (Å²) in [6, 6.07) is 10.0. The Bertz CT molecular complexity index is 1290. The predicted octanol–water partition coefficient (Wildman–Crippen LogP) is 0.389. The van der Waals surface area contributed by atoms with Crippen LogP contribution in [0.25, 0.3) is 0 Å². The number of amides is 2. The van der Waals surface area contributed by atoms with Gasteiger partial charge in [0, 0.05) is 36.8 Å². The van der Waals surface area contributed by atoms with E-state index in [1.807, 2.05) is 35.2 Å². The van der Waals surface area contributed by atoms with Crippen LogP contribution in [0.3, 0.4) is 0 Å². The molecule has 3 aliphatic heterocycles. The third kappa shape index (κ3) is 5.72. The number of hydrogen-bond acceptors (Lipinski definition) is 10. The van der Waals surface area contributed by atoms with Crippen LogP contribution in [0.1, 0.15) is 5.56 Å². The molecule has 2 fully saturated rings. The number of hydrazine groups is 1. The number of β-lactam (4-membered cyclic amide) rings is 1. The molecule has 1 aromatic carbocycles. The molecule has 204 valence electrons. The average molecular weight is 555 g/mol. The average Bonchev–Trinajstić information content (AvgIpc) is 2.96. The molecule has 0 bridgehead atoms. The number of rotatable bonds is 9. The van der Waals surface area contributed by atoms with Gasteiger partial charge < -0.3 is 25.4 Å². The van der Waals surface area contributed by atoms with E-state index >= 15 is 0 Å². The van der Waals surface area contributed by atoms with Crippen molar-refractivity contribution in [1.82, 2.24) is 25.2 Å². The molecule has 4 heterocycles. The minimum atomic E-state index is -1.29. The van der Waals surface area contributed by atoms with E-state index in [0.29, 0.717) is 42.7 Å². The zero-order valence-electron chi connectivity index (χ0n) is 20.8. The molecule has 15 heteroatoms. The summed E-state index contributed by atoms with van der Waals surface area (Å²) in [5.41, 5.74) is 0.916. The summed E-state index contributed by atoms with van der Waals surface area (Å²) in [4.78, 5) is 54.4. The second kappa shape index (κ2) is 11.6. The maximum absolute atomic E-state index is 12.8. The zero-order chi connectivity index (χ0) is 27.4. The first-order valence-corrected chi connectivity index (χ1v) is 13.3. The summed E-state index contributed by atoms with van der Waals surface area (Å²) in [6.07, 6.45) is 3.42. The molecule has 0 radical (unpaired) electrons. The van der Waals surface area contributed by atoms with Crippen molar-refractivity contribution < 1.29 is 29.3 Å². The first-order valence-electron chi connectivity index (χ1n) is 12.2. The molecular weight excluding hydrogens is 528 g/mol. The van der Waals surface area contributed by atoms with E-state index < -0.39 is 23.3 Å². The van der Waals surface area contributed by atoms with Gasteiger partial charge in [0.05, 0.1) is 24.5 Å². The van der Waals surface area contributed by atoms with Gasteiger partial charge in [-0.3, -0.25) is 14.5 Å². The third-order valence-corrected chi connectivity index (χ3v) is 7.81. The summed E-state index contributed by atoms with van der Waals surface area (Å²) in [5.74, 6) is -1.29. The minimum absolute atomic E-state index is 0.116. The number of carbonyl (C=O) groups excluding carboxylic acids is 2. The Morgan fingerprint density at radius 3 is 2.56 bits per heavy atom. The molecule has 0 unspecified atom stereocenters. The fourth-order valence-electron chi connectivity index (χ4n) is 4.53. The second-order valence-electron chi connectivity index (χ2n) is 8.97. The lowest BCUT2D eigenvalue weighted by atomic mass is 10.0. The number of carboxylic acids is 1. The maximum atomic E-state index is 12.8. The Hall–Kier alpha value is -4.40. The second-order valence-corrected chi connectivity index (χ2v) is 10.1. The molecule has 2 atom stereocenters. The van der Waals surface area contributed by atoms with Crippen molar-refractivity contribution in [3.8, 4) is 0 Å². The largest absolute Gasteiger partial charge is 0.569 e. The SMILES string of the molecule is O=C(Cc1ccccc1)N[C@@H]1C(=O)N2C(C(=O)O)=C(CO/N=[N+](\[O-])N3CCN(c4ncccn4)CC3)CS[C@H]12. The van der Waals surface area contributed by atoms with Gasteiger partial charge in [-0.2, -0.15) is 0 Å². The molecule has 2 aromatic rings. The summed E-state index contributed by atoms with van der Waals surface area (Å²) in [7, 11) is 0. The highest BCUT2D eigenvalue weighted by atomic mass is 32.2. The van der Waals surface area contributed by atoms with E-state index in [1.54, 1.807) is 18.5 Å². The van der Waals surface area contributed by atoms with Gasteiger partial charge in [0.25, 0.3) is 5.91 Å². The first kappa shape index (κ1) is 26.2. The highest BCUT2D eigenvalue weighted by Gasteiger charge is 2.54. The molecule has 14 nitrogen and oxygen atoms in total. The number of hydrogen-bond donors (Lipinski definition) is 2. The van der Waals surface area contributed by atoms with Gasteiger partial charge in [-0.15, -0.1) is 16.8 Å². The Kier molecular flexibility index (Phi) is 7.76. The van der Waals surface area contributed by atoms with Crippen LogP contribution in [-0.2, 0) is 25.6 Å². The molecule has 0 spiro atoms. The lowest BCUT2D eigenvalue weighted by molar-refractivity contribution is -0.711. The van der Waals surface area contributed by atoms with Crippen molar-refractivity contribution in [2.75, 3.05) is 43.4 Å². The Morgan fingerprint density at radius 1 is 1.15 bits per heavy atom. The normalized spacial score (nSPS) is 21.3. The Labute approximate surface area is 227 Å². The number of thioether (sulfide) groups is 1. The molecule has 1 aromatic heterocycles. The molecule has 2 amide bonds. The zero-order valence-corrected chi connectivity index (χ0v) is 21.6. The van der Waals surface area contributed by atoms with Crippen molar-refractivity contribution in [3.05, 3.63) is 70.8 Å². The van der Waals surface area contributed by atoms with E-state index in [1.165, 1.54) is 16.8 Å². The van der Waals surface area contributed by atoms with E-state index in [0.717, 1.165) is 10.5 Å². The number of aromatic nitrogens is 2. The molecule has 0 saturated carbocycles. The van der Waals surface area contributed by atoms with Gasteiger partial charge >= 0.3 is 5.97 Å². The van der Waals surface area contributed by atoms with Gasteiger partial charge in [0.2, 0.25) is 17.1 Å². The van der Waals surface area contributed by atoms with Crippen molar-refractivity contribution in [2.45, 2.75) is 17.8 Å². The van der Waals surface area contributed by atoms with Crippen molar-refractivity contribution in [2.24, 2.45) is 5.28 Å². The van der Waals surface area contributed by atoms with Crippen molar-refractivity contribution in [1.29, 1.82) is 0 Å². The standard InChI is InChI=1S/C24H26N8O6S/c33-18(13-16-5-2-1-3-6-16)27-19-21(34)31-20(23(35)36)17(15-39-22(19)31)14-38-28-32(37)30-11-9-29(10-12-30)24-25-7-4-8-26-24/h1-8,19,22H,9-15H2,(H,27,33)(H,35,36)/b32-28-/t19-,22-/m1/s1. The number of carbonyl (C=O) groups is 3. The fourth-order valence-corrected chi connectivity index (χ4v) is 5.86. The Balaban J connectivity index is 1.15. The predicted molar refractivity (Wildman–Crippen MR) is 138 cm³/mol. The summed E-state index contributed by atoms with van der Waals surface area (Å²) in [6.45, 7) is 1.51. The van der Waals surface area contributed by atoms with Gasteiger partial charge in [0.1, 0.15) is 23.7 Å². The summed E-state index contributed by atoms with van der Waals surface area (Å²) >= 11 is 1.32. The highest BCUT2D eigenvalue weighted by molar-refractivity contribution is 8.00. The van der Waals surface area contributed by atoms with Crippen LogP contribution in [-0.4, -0.2) is 97.7 Å². The lowest BCUT2D eigenvalue weighted by Crippen LogP contribution is -2.70. The smallest absolute Gasteiger partial charge is 0.352 e. The van der Waals surface area contributed by atoms with Crippen LogP contribution < -0.4 is 10.2 Å². The summed E-state index contributed by atoms with van der Waals surface area (Å²) in [5, 5.41) is 29.4. The molecular formula is C24H26N8O6S. The monoisotopic (exact) mass is 554 g/mol. The van der Waals surface area contributed by atoms with Crippen LogP contribution in [0.5, 0.6) is 0 Å². The number of fused-ring (bicyclic) bond motifs is 1. The summed E-state index contributed by atoms with van der Waals surface area (Å²) < 4.78 is 0. The van der Waals surface area contributed by atoms with Crippen LogP contribution in [0.4, 0.5) is 5.95 Å². The van der Waals surface area contributed by atoms with E-state index in [-0.39, 0.29) is 30.4 Å². The maximum Gasteiger partial charge on any atom is 0.352 e. The number of piperazine rings is 1. The van der Waals surface area contributed by atoms with E-state index in [9.17, 15) is 24.7 Å². The van der Waals surface area contributed by atoms with Crippen LogP contribution in [0.15, 0.2) is 65.3 Å². The molecule has 39 heavy (non-hydrogen) atoms. The number of carboxylic acid groups (broad SMARTS) is 1. The highest BCUT2D eigenvalue weighted by Crippen LogP contribution is 2.40. The third-order valence-electron chi connectivity index (χ3n) is 6.47. The number of nitrogens with one attached hydrogen (secondary N) is 1. The topological polar surface area (TPSA) is 167 Å². The van der Waals surface area contributed by atoms with Gasteiger partial charge in [-0.05, 0) is 11.6 Å². The van der Waals surface area contributed by atoms with Crippen molar-refractivity contribution >= 4 is 35.5 Å². The minimum Gasteiger partial charge on any atom is -0.569 e. The van der Waals surface area contributed by atoms with Crippen molar-refractivity contribution in [3.63, 3.8) is 0 Å². The molecule has 5 rings (SSSR count). The lowest BCUT2D eigenvalue weighted by Gasteiger charge is -2.49. The van der Waals surface area contributed by atoms with E-state index in [4.69, 9.17) is 4.84 Å². The quantitative estimate of drug-likeness (QED) is 0.190. The molecule has 0 aliphatic carbocycles. The van der Waals surface area contributed by atoms with E-state index in [2.05, 4.69) is 20.6 Å². The molecule has 2 saturated heterocycles. The fraction of sp³-hybridized carbons (Fsp3) is 0.375. The Morgan fingerprint density at radius 2 is 1.87 bits per heavy atom. The number of anilines is 1. The van der Waals surface area contributed by atoms with Crippen LogP contribution in [0.2, 0.25) is 0 Å². The number of benzene rings is 1.